The van der Waals surface area contributed by atoms with E-state index >= 15 is 0 Å². The number of nitrogens with zero attached hydrogens (tertiary/aromatic N) is 2. The third kappa shape index (κ3) is 3.89. The molecule has 1 unspecified atom stereocenters. The van der Waals surface area contributed by atoms with E-state index in [9.17, 15) is 4.79 Å². The molecule has 7 heteroatoms. The number of aryl methyl sites for hydroxylation is 2. The van der Waals surface area contributed by atoms with E-state index in [0.29, 0.717) is 36.9 Å². The zero-order chi connectivity index (χ0) is 24.9. The second-order valence-corrected chi connectivity index (χ2v) is 11.1. The van der Waals surface area contributed by atoms with Crippen LogP contribution in [0.25, 0.3) is 5.00 Å². The van der Waals surface area contributed by atoms with Gasteiger partial charge in [-0.25, -0.2) is 4.79 Å². The van der Waals surface area contributed by atoms with Crippen molar-refractivity contribution in [2.45, 2.75) is 45.2 Å². The molecule has 0 spiro atoms. The van der Waals surface area contributed by atoms with Crippen LogP contribution in [0.3, 0.4) is 0 Å². The SMILES string of the molecule is Cc1cccc(C2c3cccn3-c3sc4c(c3CN2C(=O)Nc2ccc3c(c2)OCCO3)CCCC4)c1. The van der Waals surface area contributed by atoms with Crippen molar-refractivity contribution in [2.75, 3.05) is 18.5 Å². The second kappa shape index (κ2) is 8.99. The number of hydrogen-bond donors (Lipinski definition) is 1. The third-order valence-electron chi connectivity index (χ3n) is 7.59. The van der Waals surface area contributed by atoms with Crippen LogP contribution in [0.5, 0.6) is 11.5 Å². The van der Waals surface area contributed by atoms with Crippen molar-refractivity contribution in [3.63, 3.8) is 0 Å². The summed E-state index contributed by atoms with van der Waals surface area (Å²) in [5.41, 5.74) is 6.85. The summed E-state index contributed by atoms with van der Waals surface area (Å²) in [7, 11) is 0. The van der Waals surface area contributed by atoms with E-state index in [1.165, 1.54) is 39.4 Å². The van der Waals surface area contributed by atoms with Gasteiger partial charge in [-0.1, -0.05) is 29.8 Å². The molecule has 4 heterocycles. The van der Waals surface area contributed by atoms with Gasteiger partial charge in [-0.15, -0.1) is 11.3 Å². The monoisotopic (exact) mass is 511 g/mol. The van der Waals surface area contributed by atoms with E-state index in [-0.39, 0.29) is 12.1 Å². The van der Waals surface area contributed by atoms with Gasteiger partial charge in [0.2, 0.25) is 0 Å². The minimum Gasteiger partial charge on any atom is -0.486 e. The fraction of sp³-hybridized carbons (Fsp3) is 0.300. The van der Waals surface area contributed by atoms with Crippen LogP contribution in [0, 0.1) is 6.92 Å². The van der Waals surface area contributed by atoms with Gasteiger partial charge in [-0.05, 0) is 68.0 Å². The van der Waals surface area contributed by atoms with Gasteiger partial charge < -0.3 is 24.3 Å². The fourth-order valence-electron chi connectivity index (χ4n) is 5.89. The molecular formula is C30H29N3O3S. The Morgan fingerprint density at radius 1 is 0.973 bits per heavy atom. The molecule has 2 aromatic heterocycles. The number of amides is 2. The minimum atomic E-state index is -0.217. The number of nitrogens with one attached hydrogen (secondary N) is 1. The first kappa shape index (κ1) is 22.5. The van der Waals surface area contributed by atoms with Crippen LogP contribution in [-0.4, -0.2) is 28.7 Å². The standard InChI is InChI=1S/C30H29N3O3S/c1-19-6-4-7-20(16-19)28-24-9-5-13-32(24)29-23(22-8-2-3-10-27(22)37-29)18-33(28)30(34)31-21-11-12-25-26(17-21)36-15-14-35-25/h4-7,9,11-13,16-17,28H,2-3,8,10,14-15,18H2,1H3,(H,31,34). The van der Waals surface area contributed by atoms with E-state index in [1.54, 1.807) is 0 Å². The first-order valence-electron chi connectivity index (χ1n) is 13.0. The Labute approximate surface area is 220 Å². The maximum atomic E-state index is 14.1. The normalized spacial score (nSPS) is 17.9. The minimum absolute atomic E-state index is 0.125. The second-order valence-electron chi connectivity index (χ2n) is 10.0. The summed E-state index contributed by atoms with van der Waals surface area (Å²) in [6.07, 6.45) is 6.82. The van der Waals surface area contributed by atoms with E-state index in [4.69, 9.17) is 9.47 Å². The van der Waals surface area contributed by atoms with Crippen molar-refractivity contribution in [1.29, 1.82) is 0 Å². The molecule has 4 aromatic rings. The molecule has 2 aromatic carbocycles. The average molecular weight is 512 g/mol. The number of hydrogen-bond acceptors (Lipinski definition) is 4. The maximum absolute atomic E-state index is 14.1. The molecule has 7 rings (SSSR count). The van der Waals surface area contributed by atoms with Gasteiger partial charge in [0.25, 0.3) is 0 Å². The summed E-state index contributed by atoms with van der Waals surface area (Å²) in [6.45, 7) is 3.72. The average Bonchev–Trinajstić information content (AvgIpc) is 3.50. The Balaban J connectivity index is 1.33. The van der Waals surface area contributed by atoms with Gasteiger partial charge in [0.05, 0.1) is 18.3 Å². The molecule has 1 atom stereocenters. The van der Waals surface area contributed by atoms with Crippen LogP contribution in [0.4, 0.5) is 10.5 Å². The molecule has 0 fully saturated rings. The highest BCUT2D eigenvalue weighted by Gasteiger charge is 2.36. The first-order chi connectivity index (χ1) is 18.2. The van der Waals surface area contributed by atoms with Crippen LogP contribution in [-0.2, 0) is 19.4 Å². The quantitative estimate of drug-likeness (QED) is 0.328. The van der Waals surface area contributed by atoms with E-state index in [2.05, 4.69) is 59.4 Å². The molecule has 3 aliphatic rings. The van der Waals surface area contributed by atoms with Crippen LogP contribution >= 0.6 is 11.3 Å². The summed E-state index contributed by atoms with van der Waals surface area (Å²) < 4.78 is 13.7. The highest BCUT2D eigenvalue weighted by atomic mass is 32.1. The number of benzene rings is 2. The van der Waals surface area contributed by atoms with Crippen molar-refractivity contribution >= 4 is 23.1 Å². The lowest BCUT2D eigenvalue weighted by Gasteiger charge is -2.32. The van der Waals surface area contributed by atoms with Crippen molar-refractivity contribution < 1.29 is 14.3 Å². The summed E-state index contributed by atoms with van der Waals surface area (Å²) in [5.74, 6) is 1.38. The molecule has 0 saturated carbocycles. The number of rotatable bonds is 2. The van der Waals surface area contributed by atoms with Gasteiger partial charge in [-0.2, -0.15) is 0 Å². The number of fused-ring (bicyclic) bond motifs is 6. The molecule has 0 radical (unpaired) electrons. The molecule has 1 aliphatic carbocycles. The number of anilines is 1. The molecule has 2 aliphatic heterocycles. The Morgan fingerprint density at radius 3 is 2.73 bits per heavy atom. The zero-order valence-electron chi connectivity index (χ0n) is 20.8. The summed E-state index contributed by atoms with van der Waals surface area (Å²) in [4.78, 5) is 17.6. The van der Waals surface area contributed by atoms with Crippen molar-refractivity contribution in [1.82, 2.24) is 9.47 Å². The fourth-order valence-corrected chi connectivity index (χ4v) is 7.30. The molecular weight excluding hydrogens is 482 g/mol. The largest absolute Gasteiger partial charge is 0.486 e. The maximum Gasteiger partial charge on any atom is 0.322 e. The number of urea groups is 1. The molecule has 1 N–H and O–H groups in total. The van der Waals surface area contributed by atoms with Gasteiger partial charge in [0.15, 0.2) is 11.5 Å². The smallest absolute Gasteiger partial charge is 0.322 e. The molecule has 37 heavy (non-hydrogen) atoms. The Kier molecular flexibility index (Phi) is 5.47. The predicted octanol–water partition coefficient (Wildman–Crippen LogP) is 6.63. The summed E-state index contributed by atoms with van der Waals surface area (Å²) in [5, 5.41) is 4.44. The van der Waals surface area contributed by atoms with Gasteiger partial charge >= 0.3 is 6.03 Å². The Bertz CT molecular complexity index is 1500. The Hall–Kier alpha value is -3.71. The van der Waals surface area contributed by atoms with Crippen molar-refractivity contribution in [3.8, 4) is 16.5 Å². The van der Waals surface area contributed by atoms with Crippen LogP contribution in [0.1, 0.15) is 51.7 Å². The lowest BCUT2D eigenvalue weighted by Crippen LogP contribution is -2.38. The van der Waals surface area contributed by atoms with Crippen molar-refractivity contribution in [2.24, 2.45) is 0 Å². The molecule has 6 nitrogen and oxygen atoms in total. The van der Waals surface area contributed by atoms with Gasteiger partial charge in [-0.3, -0.25) is 0 Å². The molecule has 2 amide bonds. The van der Waals surface area contributed by atoms with E-state index < -0.39 is 0 Å². The van der Waals surface area contributed by atoms with Crippen LogP contribution in [0.2, 0.25) is 0 Å². The number of ether oxygens (including phenoxy) is 2. The summed E-state index contributed by atoms with van der Waals surface area (Å²) >= 11 is 1.91. The lowest BCUT2D eigenvalue weighted by atomic mass is 9.95. The zero-order valence-corrected chi connectivity index (χ0v) is 21.6. The van der Waals surface area contributed by atoms with E-state index in [1.807, 2.05) is 34.4 Å². The number of aromatic nitrogens is 1. The van der Waals surface area contributed by atoms with Crippen LogP contribution in [0.15, 0.2) is 60.8 Å². The van der Waals surface area contributed by atoms with E-state index in [0.717, 1.165) is 24.1 Å². The molecule has 0 saturated heterocycles. The lowest BCUT2D eigenvalue weighted by molar-refractivity contribution is 0.171. The molecule has 188 valence electrons. The predicted molar refractivity (Wildman–Crippen MR) is 145 cm³/mol. The Morgan fingerprint density at radius 2 is 1.84 bits per heavy atom. The number of carbonyl (C=O) groups is 1. The van der Waals surface area contributed by atoms with Crippen molar-refractivity contribution in [3.05, 3.63) is 93.6 Å². The highest BCUT2D eigenvalue weighted by molar-refractivity contribution is 7.15. The number of carbonyl (C=O) groups excluding carboxylic acids is 1. The summed E-state index contributed by atoms with van der Waals surface area (Å²) in [6, 6.07) is 18.0. The third-order valence-corrected chi connectivity index (χ3v) is 8.92. The van der Waals surface area contributed by atoms with Crippen LogP contribution < -0.4 is 14.8 Å². The first-order valence-corrected chi connectivity index (χ1v) is 13.8. The topological polar surface area (TPSA) is 55.7 Å². The molecule has 0 bridgehead atoms. The van der Waals surface area contributed by atoms with Gasteiger partial charge in [0.1, 0.15) is 18.2 Å². The number of thiophene rings is 1. The van der Waals surface area contributed by atoms with Gasteiger partial charge in [0, 0.05) is 28.4 Å². The highest BCUT2D eigenvalue weighted by Crippen LogP contribution is 2.44.